The van der Waals surface area contributed by atoms with Gasteiger partial charge in [0.25, 0.3) is 0 Å². The summed E-state index contributed by atoms with van der Waals surface area (Å²) >= 11 is 0. The van der Waals surface area contributed by atoms with Crippen molar-refractivity contribution >= 4 is 11.9 Å². The molecule has 2 atom stereocenters. The van der Waals surface area contributed by atoms with E-state index >= 15 is 0 Å². The van der Waals surface area contributed by atoms with Gasteiger partial charge >= 0.3 is 5.97 Å². The number of nitrogens with zero attached hydrogens (tertiary/aromatic N) is 2. The Morgan fingerprint density at radius 3 is 2.52 bits per heavy atom. The Kier molecular flexibility index (Phi) is 4.96. The number of rotatable bonds is 4. The summed E-state index contributed by atoms with van der Waals surface area (Å²) in [6, 6.07) is 10.3. The summed E-state index contributed by atoms with van der Waals surface area (Å²) < 4.78 is 0. The van der Waals surface area contributed by atoms with E-state index in [1.165, 1.54) is 5.56 Å². The second kappa shape index (κ2) is 7.13. The van der Waals surface area contributed by atoms with Gasteiger partial charge in [-0.25, -0.2) is 0 Å². The number of hydrogen-bond donors (Lipinski definition) is 1. The first-order valence-corrected chi connectivity index (χ1v) is 8.41. The Labute approximate surface area is 136 Å². The lowest BCUT2D eigenvalue weighted by molar-refractivity contribution is -0.142. The second-order valence-electron chi connectivity index (χ2n) is 6.67. The van der Waals surface area contributed by atoms with Crippen molar-refractivity contribution in [2.24, 2.45) is 11.8 Å². The summed E-state index contributed by atoms with van der Waals surface area (Å²) in [6.07, 6.45) is 2.53. The van der Waals surface area contributed by atoms with Gasteiger partial charge in [0, 0.05) is 26.2 Å². The predicted molar refractivity (Wildman–Crippen MR) is 86.8 cm³/mol. The largest absolute Gasteiger partial charge is 0.481 e. The van der Waals surface area contributed by atoms with Crippen molar-refractivity contribution in [3.05, 3.63) is 35.9 Å². The molecule has 2 heterocycles. The summed E-state index contributed by atoms with van der Waals surface area (Å²) in [5.41, 5.74) is 1.27. The number of carbonyl (C=O) groups is 2. The first-order valence-electron chi connectivity index (χ1n) is 8.41. The first kappa shape index (κ1) is 16.0. The molecule has 0 bridgehead atoms. The van der Waals surface area contributed by atoms with Crippen LogP contribution in [0.25, 0.3) is 0 Å². The van der Waals surface area contributed by atoms with Crippen molar-refractivity contribution in [3.63, 3.8) is 0 Å². The predicted octanol–water partition coefficient (Wildman–Crippen LogP) is 1.83. The number of hydrogen-bond acceptors (Lipinski definition) is 3. The van der Waals surface area contributed by atoms with Gasteiger partial charge in [0.2, 0.25) is 5.91 Å². The molecule has 124 valence electrons. The molecule has 1 N–H and O–H groups in total. The summed E-state index contributed by atoms with van der Waals surface area (Å²) in [6.45, 7) is 3.65. The lowest BCUT2D eigenvalue weighted by atomic mass is 9.96. The van der Waals surface area contributed by atoms with Crippen LogP contribution in [0.15, 0.2) is 30.3 Å². The molecule has 0 saturated carbocycles. The van der Waals surface area contributed by atoms with Crippen LogP contribution in [0.1, 0.15) is 24.8 Å². The van der Waals surface area contributed by atoms with Gasteiger partial charge < -0.3 is 10.0 Å². The van der Waals surface area contributed by atoms with Crippen LogP contribution in [-0.4, -0.2) is 53.0 Å². The molecule has 23 heavy (non-hydrogen) atoms. The Morgan fingerprint density at radius 1 is 1.04 bits per heavy atom. The minimum absolute atomic E-state index is 0.0139. The van der Waals surface area contributed by atoms with Crippen LogP contribution < -0.4 is 0 Å². The maximum Gasteiger partial charge on any atom is 0.308 e. The highest BCUT2D eigenvalue weighted by atomic mass is 16.4. The third-order valence-corrected chi connectivity index (χ3v) is 4.95. The number of carboxylic acids is 1. The molecule has 1 aromatic carbocycles. The van der Waals surface area contributed by atoms with E-state index in [2.05, 4.69) is 17.0 Å². The average Bonchev–Trinajstić information content (AvgIpc) is 3.06. The first-order chi connectivity index (χ1) is 11.1. The van der Waals surface area contributed by atoms with E-state index in [1.54, 1.807) is 4.90 Å². The fourth-order valence-corrected chi connectivity index (χ4v) is 3.66. The fraction of sp³-hybridized carbons (Fsp3) is 0.556. The van der Waals surface area contributed by atoms with Crippen LogP contribution in [-0.2, 0) is 16.1 Å². The van der Waals surface area contributed by atoms with E-state index in [0.29, 0.717) is 19.5 Å². The standard InChI is InChI=1S/C18H24N2O3/c21-17(20-10-8-16(13-20)18(22)23)15-7-4-9-19(12-15)11-14-5-2-1-3-6-14/h1-3,5-6,15-16H,4,7-13H2,(H,22,23)/t15-,16+/m1/s1. The molecule has 2 fully saturated rings. The Morgan fingerprint density at radius 2 is 1.83 bits per heavy atom. The summed E-state index contributed by atoms with van der Waals surface area (Å²) in [7, 11) is 0. The van der Waals surface area contributed by atoms with Gasteiger partial charge in [0.15, 0.2) is 0 Å². The Balaban J connectivity index is 1.56. The smallest absolute Gasteiger partial charge is 0.308 e. The number of carbonyl (C=O) groups excluding carboxylic acids is 1. The molecule has 2 aliphatic heterocycles. The van der Waals surface area contributed by atoms with Gasteiger partial charge in [0.05, 0.1) is 11.8 Å². The second-order valence-corrected chi connectivity index (χ2v) is 6.67. The SMILES string of the molecule is O=C(O)[C@H]1CCN(C(=O)[C@@H]2CCCN(Cc3ccccc3)C2)C1. The lowest BCUT2D eigenvalue weighted by Gasteiger charge is -2.34. The molecule has 2 saturated heterocycles. The maximum absolute atomic E-state index is 12.7. The monoisotopic (exact) mass is 316 g/mol. The van der Waals surface area contributed by atoms with E-state index in [-0.39, 0.29) is 17.7 Å². The van der Waals surface area contributed by atoms with E-state index in [4.69, 9.17) is 5.11 Å². The minimum Gasteiger partial charge on any atom is -0.481 e. The van der Waals surface area contributed by atoms with Gasteiger partial charge in [-0.3, -0.25) is 14.5 Å². The highest BCUT2D eigenvalue weighted by molar-refractivity contribution is 5.81. The molecular weight excluding hydrogens is 292 g/mol. The van der Waals surface area contributed by atoms with Crippen LogP contribution in [0.4, 0.5) is 0 Å². The van der Waals surface area contributed by atoms with Crippen LogP contribution in [0, 0.1) is 11.8 Å². The maximum atomic E-state index is 12.7. The van der Waals surface area contributed by atoms with Crippen molar-refractivity contribution in [3.8, 4) is 0 Å². The zero-order valence-corrected chi connectivity index (χ0v) is 13.4. The zero-order valence-electron chi connectivity index (χ0n) is 13.4. The van der Waals surface area contributed by atoms with Gasteiger partial charge in [0.1, 0.15) is 0 Å². The van der Waals surface area contributed by atoms with E-state index < -0.39 is 5.97 Å². The fourth-order valence-electron chi connectivity index (χ4n) is 3.66. The van der Waals surface area contributed by atoms with Crippen molar-refractivity contribution in [2.45, 2.75) is 25.8 Å². The van der Waals surface area contributed by atoms with Gasteiger partial charge in [-0.1, -0.05) is 30.3 Å². The molecule has 5 heteroatoms. The van der Waals surface area contributed by atoms with E-state index in [1.807, 2.05) is 18.2 Å². The highest BCUT2D eigenvalue weighted by Gasteiger charge is 2.35. The Bertz CT molecular complexity index is 561. The molecule has 3 rings (SSSR count). The number of carboxylic acid groups (broad SMARTS) is 1. The van der Waals surface area contributed by atoms with Gasteiger partial charge in [-0.15, -0.1) is 0 Å². The van der Waals surface area contributed by atoms with Crippen molar-refractivity contribution < 1.29 is 14.7 Å². The number of likely N-dealkylation sites (tertiary alicyclic amines) is 2. The molecule has 1 aromatic rings. The number of amides is 1. The number of piperidine rings is 1. The molecule has 0 aliphatic carbocycles. The van der Waals surface area contributed by atoms with Gasteiger partial charge in [-0.05, 0) is 31.4 Å². The highest BCUT2D eigenvalue weighted by Crippen LogP contribution is 2.24. The third-order valence-electron chi connectivity index (χ3n) is 4.95. The topological polar surface area (TPSA) is 60.9 Å². The number of aliphatic carboxylic acids is 1. The molecule has 5 nitrogen and oxygen atoms in total. The molecule has 0 aromatic heterocycles. The molecule has 2 aliphatic rings. The average molecular weight is 316 g/mol. The third kappa shape index (κ3) is 3.91. The van der Waals surface area contributed by atoms with E-state index in [9.17, 15) is 9.59 Å². The van der Waals surface area contributed by atoms with Crippen LogP contribution in [0.3, 0.4) is 0 Å². The molecular formula is C18H24N2O3. The summed E-state index contributed by atoms with van der Waals surface area (Å²) in [5.74, 6) is -1.01. The molecule has 0 spiro atoms. The van der Waals surface area contributed by atoms with Crippen molar-refractivity contribution in [1.29, 1.82) is 0 Å². The van der Waals surface area contributed by atoms with Crippen LogP contribution in [0.2, 0.25) is 0 Å². The quantitative estimate of drug-likeness (QED) is 0.920. The lowest BCUT2D eigenvalue weighted by Crippen LogP contribution is -2.44. The zero-order chi connectivity index (χ0) is 16.2. The minimum atomic E-state index is -0.783. The molecule has 0 radical (unpaired) electrons. The van der Waals surface area contributed by atoms with Gasteiger partial charge in [-0.2, -0.15) is 0 Å². The van der Waals surface area contributed by atoms with Crippen LogP contribution in [0.5, 0.6) is 0 Å². The molecule has 1 amide bonds. The van der Waals surface area contributed by atoms with Crippen molar-refractivity contribution in [1.82, 2.24) is 9.80 Å². The molecule has 0 unspecified atom stereocenters. The normalized spacial score (nSPS) is 25.5. The summed E-state index contributed by atoms with van der Waals surface area (Å²) in [5, 5.41) is 9.08. The van der Waals surface area contributed by atoms with Crippen molar-refractivity contribution in [2.75, 3.05) is 26.2 Å². The Hall–Kier alpha value is -1.88. The number of benzene rings is 1. The summed E-state index contributed by atoms with van der Waals surface area (Å²) in [4.78, 5) is 27.8. The van der Waals surface area contributed by atoms with E-state index in [0.717, 1.165) is 32.5 Å². The van der Waals surface area contributed by atoms with Crippen LogP contribution >= 0.6 is 0 Å².